The van der Waals surface area contributed by atoms with Gasteiger partial charge in [-0.3, -0.25) is 9.59 Å². The van der Waals surface area contributed by atoms with E-state index in [0.717, 1.165) is 29.5 Å². The van der Waals surface area contributed by atoms with E-state index in [1.54, 1.807) is 24.3 Å². The third kappa shape index (κ3) is 4.75. The van der Waals surface area contributed by atoms with Crippen LogP contribution in [-0.4, -0.2) is 40.0 Å². The zero-order valence-electron chi connectivity index (χ0n) is 20.3. The van der Waals surface area contributed by atoms with E-state index in [9.17, 15) is 19.1 Å². The van der Waals surface area contributed by atoms with Crippen LogP contribution >= 0.6 is 0 Å². The van der Waals surface area contributed by atoms with Crippen molar-refractivity contribution in [2.24, 2.45) is 5.92 Å². The van der Waals surface area contributed by atoms with Crippen LogP contribution in [0.5, 0.6) is 0 Å². The third-order valence-corrected chi connectivity index (χ3v) is 6.97. The minimum atomic E-state index is -0.334. The molecule has 2 heterocycles. The Morgan fingerprint density at radius 1 is 1.11 bits per heavy atom. The van der Waals surface area contributed by atoms with Crippen molar-refractivity contribution in [1.82, 2.24) is 15.2 Å². The van der Waals surface area contributed by atoms with Crippen LogP contribution in [0.3, 0.4) is 0 Å². The number of pyridine rings is 1. The second kappa shape index (κ2) is 10.2. The van der Waals surface area contributed by atoms with Crippen molar-refractivity contribution in [2.75, 3.05) is 13.2 Å². The topological polar surface area (TPSA) is 82.5 Å². The highest BCUT2D eigenvalue weighted by Gasteiger charge is 2.38. The molecule has 1 aliphatic carbocycles. The van der Waals surface area contributed by atoms with Crippen LogP contribution in [0.2, 0.25) is 0 Å². The van der Waals surface area contributed by atoms with Gasteiger partial charge in [0.1, 0.15) is 11.5 Å². The lowest BCUT2D eigenvalue weighted by molar-refractivity contribution is -0.134. The summed E-state index contributed by atoms with van der Waals surface area (Å²) in [6, 6.07) is 15.5. The largest absolute Gasteiger partial charge is 0.396 e. The Bertz CT molecular complexity index is 1300. The summed E-state index contributed by atoms with van der Waals surface area (Å²) < 4.78 is 14.6. The summed E-state index contributed by atoms with van der Waals surface area (Å²) in [4.78, 5) is 32.6. The van der Waals surface area contributed by atoms with Gasteiger partial charge in [0.05, 0.1) is 11.7 Å². The second-order valence-electron chi connectivity index (χ2n) is 9.55. The van der Waals surface area contributed by atoms with Crippen LogP contribution < -0.4 is 5.32 Å². The van der Waals surface area contributed by atoms with Crippen molar-refractivity contribution in [3.05, 3.63) is 77.2 Å². The number of aromatic nitrogens is 1. The zero-order valence-corrected chi connectivity index (χ0v) is 20.3. The SMILES string of the molecule is CCNC(=O)c1cc2c(c(-c3cccc(-c4ccccc4F)c3)n1)[C@H](CCO)N(C(=O)CC1CC1)C2. The monoisotopic (exact) mass is 487 g/mol. The molecule has 0 bridgehead atoms. The van der Waals surface area contributed by atoms with Crippen LogP contribution in [0.15, 0.2) is 54.6 Å². The number of amides is 2. The number of rotatable bonds is 8. The van der Waals surface area contributed by atoms with Crippen molar-refractivity contribution in [2.45, 2.75) is 45.2 Å². The summed E-state index contributed by atoms with van der Waals surface area (Å²) in [6.07, 6.45) is 3.04. The quantitative estimate of drug-likeness (QED) is 0.475. The number of hydrogen-bond donors (Lipinski definition) is 2. The zero-order chi connectivity index (χ0) is 25.2. The predicted molar refractivity (Wildman–Crippen MR) is 135 cm³/mol. The minimum Gasteiger partial charge on any atom is -0.396 e. The van der Waals surface area contributed by atoms with Crippen LogP contribution in [0.4, 0.5) is 4.39 Å². The first-order valence-electron chi connectivity index (χ1n) is 12.6. The molecule has 1 fully saturated rings. The molecule has 0 radical (unpaired) electrons. The van der Waals surface area contributed by atoms with Gasteiger partial charge < -0.3 is 15.3 Å². The molecule has 2 aliphatic rings. The number of benzene rings is 2. The predicted octanol–water partition coefficient (Wildman–Crippen LogP) is 4.87. The molecule has 2 amide bonds. The maximum Gasteiger partial charge on any atom is 0.269 e. The Labute approximate surface area is 210 Å². The lowest BCUT2D eigenvalue weighted by atomic mass is 9.93. The molecule has 5 rings (SSSR count). The van der Waals surface area contributed by atoms with Gasteiger partial charge >= 0.3 is 0 Å². The average molecular weight is 488 g/mol. The number of nitrogens with zero attached hydrogens (tertiary/aromatic N) is 2. The van der Waals surface area contributed by atoms with Crippen molar-refractivity contribution >= 4 is 11.8 Å². The van der Waals surface area contributed by atoms with Crippen molar-refractivity contribution in [3.8, 4) is 22.4 Å². The van der Waals surface area contributed by atoms with E-state index in [-0.39, 0.29) is 36.0 Å². The highest BCUT2D eigenvalue weighted by atomic mass is 19.1. The molecule has 0 unspecified atom stereocenters. The molecule has 1 aromatic heterocycles. The summed E-state index contributed by atoms with van der Waals surface area (Å²) in [5.41, 5.74) is 4.49. The maximum absolute atomic E-state index is 14.6. The molecule has 186 valence electrons. The number of carbonyl (C=O) groups is 2. The van der Waals surface area contributed by atoms with E-state index in [0.29, 0.717) is 48.7 Å². The highest BCUT2D eigenvalue weighted by Crippen LogP contribution is 2.44. The van der Waals surface area contributed by atoms with Gasteiger partial charge in [-0.15, -0.1) is 0 Å². The summed E-state index contributed by atoms with van der Waals surface area (Å²) in [6.45, 7) is 2.61. The number of fused-ring (bicyclic) bond motifs is 1. The van der Waals surface area contributed by atoms with Crippen LogP contribution in [-0.2, 0) is 11.3 Å². The Hall–Kier alpha value is -3.58. The van der Waals surface area contributed by atoms with Gasteiger partial charge in [0, 0.05) is 42.8 Å². The number of hydrogen-bond acceptors (Lipinski definition) is 4. The number of aliphatic hydroxyl groups excluding tert-OH is 1. The lowest BCUT2D eigenvalue weighted by Gasteiger charge is -2.26. The van der Waals surface area contributed by atoms with Gasteiger partial charge in [0.2, 0.25) is 5.91 Å². The Balaban J connectivity index is 1.63. The number of aliphatic hydroxyl groups is 1. The minimum absolute atomic E-state index is 0.0674. The highest BCUT2D eigenvalue weighted by molar-refractivity contribution is 5.94. The van der Waals surface area contributed by atoms with Gasteiger partial charge in [0.25, 0.3) is 5.91 Å². The van der Waals surface area contributed by atoms with Crippen molar-refractivity contribution in [1.29, 1.82) is 0 Å². The molecule has 0 spiro atoms. The van der Waals surface area contributed by atoms with Crippen LogP contribution in [0.1, 0.15) is 60.3 Å². The van der Waals surface area contributed by atoms with Gasteiger partial charge in [0.15, 0.2) is 0 Å². The molecule has 1 atom stereocenters. The van der Waals surface area contributed by atoms with E-state index < -0.39 is 0 Å². The number of nitrogens with one attached hydrogen (secondary N) is 1. The average Bonchev–Trinajstić information content (AvgIpc) is 3.62. The van der Waals surface area contributed by atoms with E-state index in [1.807, 2.05) is 36.1 Å². The molecule has 7 heteroatoms. The third-order valence-electron chi connectivity index (χ3n) is 6.97. The molecule has 2 N–H and O–H groups in total. The number of carbonyl (C=O) groups excluding carboxylic acids is 2. The summed E-state index contributed by atoms with van der Waals surface area (Å²) >= 11 is 0. The van der Waals surface area contributed by atoms with Gasteiger partial charge in [-0.2, -0.15) is 0 Å². The maximum atomic E-state index is 14.6. The molecule has 36 heavy (non-hydrogen) atoms. The van der Waals surface area contributed by atoms with Gasteiger partial charge in [-0.1, -0.05) is 36.4 Å². The first-order valence-corrected chi connectivity index (χ1v) is 12.6. The van der Waals surface area contributed by atoms with Gasteiger partial charge in [-0.25, -0.2) is 9.37 Å². The Kier molecular flexibility index (Phi) is 6.83. The first-order chi connectivity index (χ1) is 17.5. The molecule has 6 nitrogen and oxygen atoms in total. The van der Waals surface area contributed by atoms with E-state index in [1.165, 1.54) is 6.07 Å². The van der Waals surface area contributed by atoms with Crippen LogP contribution in [0.25, 0.3) is 22.4 Å². The summed E-state index contributed by atoms with van der Waals surface area (Å²) in [5.74, 6) is -0.0955. The van der Waals surface area contributed by atoms with Crippen molar-refractivity contribution in [3.63, 3.8) is 0 Å². The van der Waals surface area contributed by atoms with Gasteiger partial charge in [-0.05, 0) is 61.4 Å². The molecule has 2 aromatic carbocycles. The van der Waals surface area contributed by atoms with E-state index >= 15 is 0 Å². The first kappa shape index (κ1) is 24.1. The fraction of sp³-hybridized carbons (Fsp3) is 0.345. The van der Waals surface area contributed by atoms with E-state index in [4.69, 9.17) is 4.98 Å². The molecular weight excluding hydrogens is 457 g/mol. The fourth-order valence-electron chi connectivity index (χ4n) is 5.05. The number of halogens is 1. The Morgan fingerprint density at radius 3 is 2.61 bits per heavy atom. The summed E-state index contributed by atoms with van der Waals surface area (Å²) in [7, 11) is 0. The smallest absolute Gasteiger partial charge is 0.269 e. The lowest BCUT2D eigenvalue weighted by Crippen LogP contribution is -2.30. The second-order valence-corrected chi connectivity index (χ2v) is 9.55. The van der Waals surface area contributed by atoms with E-state index in [2.05, 4.69) is 5.32 Å². The molecule has 1 saturated carbocycles. The molecular formula is C29H30FN3O3. The molecule has 1 aliphatic heterocycles. The normalized spacial score (nSPS) is 16.6. The van der Waals surface area contributed by atoms with Crippen LogP contribution in [0, 0.1) is 11.7 Å². The molecule has 0 saturated heterocycles. The van der Waals surface area contributed by atoms with Crippen molar-refractivity contribution < 1.29 is 19.1 Å². The Morgan fingerprint density at radius 2 is 1.89 bits per heavy atom. The molecule has 3 aromatic rings. The fourth-order valence-corrected chi connectivity index (χ4v) is 5.05. The summed E-state index contributed by atoms with van der Waals surface area (Å²) in [5, 5.41) is 12.7. The standard InChI is InChI=1S/C29H30FN3O3/c1-2-31-29(36)24-16-21-17-33(26(35)14-18-10-11-18)25(12-13-34)27(21)28(32-24)20-7-5-6-19(15-20)22-8-3-4-9-23(22)30/h3-9,15-16,18,25,34H,2,10-14,17H2,1H3,(H,31,36)/t25-/m0/s1.